The molecule has 0 amide bonds. The third kappa shape index (κ3) is 5.34. The van der Waals surface area contributed by atoms with Crippen LogP contribution in [-0.4, -0.2) is 83.1 Å². The van der Waals surface area contributed by atoms with Crippen LogP contribution in [0.15, 0.2) is 29.3 Å². The van der Waals surface area contributed by atoms with Gasteiger partial charge in [-0.25, -0.2) is 4.99 Å². The van der Waals surface area contributed by atoms with Gasteiger partial charge in [-0.05, 0) is 31.0 Å². The van der Waals surface area contributed by atoms with Gasteiger partial charge in [0.1, 0.15) is 11.6 Å². The Morgan fingerprint density at radius 1 is 1.19 bits per heavy atom. The average Bonchev–Trinajstić information content (AvgIpc) is 3.43. The lowest BCUT2D eigenvalue weighted by atomic mass is 10.2. The van der Waals surface area contributed by atoms with Crippen molar-refractivity contribution in [3.63, 3.8) is 0 Å². The summed E-state index contributed by atoms with van der Waals surface area (Å²) in [4.78, 5) is 9.87. The number of guanidine groups is 1. The van der Waals surface area contributed by atoms with Crippen molar-refractivity contribution >= 4 is 5.96 Å². The summed E-state index contributed by atoms with van der Waals surface area (Å²) in [6.45, 7) is 8.84. The van der Waals surface area contributed by atoms with Crippen LogP contribution in [0.25, 0.3) is 0 Å². The van der Waals surface area contributed by atoms with Crippen LogP contribution < -0.4 is 10.1 Å². The standard InChI is InChI=1S/C22H33N7O2/c1-17-25-26-21(27(17)2)15-24-22(23-14-18-4-6-20(30-3)7-5-18)29-9-8-19(16-29)28-10-12-31-13-11-28/h4-7,19H,8-16H2,1-3H3,(H,23,24). The van der Waals surface area contributed by atoms with E-state index in [1.165, 1.54) is 0 Å². The topological polar surface area (TPSA) is 80.0 Å². The van der Waals surface area contributed by atoms with Crippen molar-refractivity contribution in [2.24, 2.45) is 12.0 Å². The Kier molecular flexibility index (Phi) is 7.03. The summed E-state index contributed by atoms with van der Waals surface area (Å²) in [5, 5.41) is 12.0. The molecule has 2 aromatic rings. The van der Waals surface area contributed by atoms with Gasteiger partial charge in [0.2, 0.25) is 0 Å². The van der Waals surface area contributed by atoms with Gasteiger partial charge < -0.3 is 24.3 Å². The molecule has 0 bridgehead atoms. The lowest BCUT2D eigenvalue weighted by Gasteiger charge is -2.32. The third-order valence-electron chi connectivity index (χ3n) is 6.18. The first-order valence-electron chi connectivity index (χ1n) is 11.0. The molecule has 2 fully saturated rings. The molecule has 1 aromatic carbocycles. The van der Waals surface area contributed by atoms with Crippen LogP contribution in [0.2, 0.25) is 0 Å². The Labute approximate surface area is 184 Å². The van der Waals surface area contributed by atoms with E-state index in [-0.39, 0.29) is 0 Å². The quantitative estimate of drug-likeness (QED) is 0.548. The fourth-order valence-electron chi connectivity index (χ4n) is 4.10. The van der Waals surface area contributed by atoms with Crippen LogP contribution in [0.3, 0.4) is 0 Å². The van der Waals surface area contributed by atoms with Crippen molar-refractivity contribution in [3.8, 4) is 5.75 Å². The predicted octanol–water partition coefficient (Wildman–Crippen LogP) is 1.18. The fraction of sp³-hybridized carbons (Fsp3) is 0.591. The molecule has 0 saturated carbocycles. The van der Waals surface area contributed by atoms with Gasteiger partial charge in [-0.15, -0.1) is 10.2 Å². The van der Waals surface area contributed by atoms with E-state index >= 15 is 0 Å². The number of likely N-dealkylation sites (tertiary alicyclic amines) is 1. The molecule has 9 heteroatoms. The van der Waals surface area contributed by atoms with Crippen molar-refractivity contribution < 1.29 is 9.47 Å². The zero-order chi connectivity index (χ0) is 21.6. The van der Waals surface area contributed by atoms with Crippen molar-refractivity contribution in [2.75, 3.05) is 46.5 Å². The largest absolute Gasteiger partial charge is 0.497 e. The number of nitrogens with zero attached hydrogens (tertiary/aromatic N) is 6. The molecule has 2 aliphatic rings. The molecule has 31 heavy (non-hydrogen) atoms. The SMILES string of the molecule is COc1ccc(CN=C(NCc2nnc(C)n2C)N2CCC(N3CCOCC3)C2)cc1. The Hall–Kier alpha value is -2.65. The van der Waals surface area contributed by atoms with Crippen molar-refractivity contribution in [1.82, 2.24) is 29.9 Å². The monoisotopic (exact) mass is 427 g/mol. The van der Waals surface area contributed by atoms with Crippen LogP contribution in [0.4, 0.5) is 0 Å². The maximum atomic E-state index is 5.52. The third-order valence-corrected chi connectivity index (χ3v) is 6.18. The van der Waals surface area contributed by atoms with E-state index in [4.69, 9.17) is 14.5 Å². The molecule has 1 aromatic heterocycles. The van der Waals surface area contributed by atoms with Gasteiger partial charge >= 0.3 is 0 Å². The highest BCUT2D eigenvalue weighted by atomic mass is 16.5. The minimum Gasteiger partial charge on any atom is -0.497 e. The first-order valence-corrected chi connectivity index (χ1v) is 11.0. The second kappa shape index (κ2) is 10.1. The summed E-state index contributed by atoms with van der Waals surface area (Å²) in [7, 11) is 3.67. The molecule has 0 radical (unpaired) electrons. The molecular weight excluding hydrogens is 394 g/mol. The summed E-state index contributed by atoms with van der Waals surface area (Å²) in [6.07, 6.45) is 1.15. The molecule has 1 N–H and O–H groups in total. The van der Waals surface area contributed by atoms with Crippen molar-refractivity contribution in [1.29, 1.82) is 0 Å². The van der Waals surface area contributed by atoms with E-state index in [0.29, 0.717) is 19.1 Å². The van der Waals surface area contributed by atoms with E-state index in [1.807, 2.05) is 30.7 Å². The second-order valence-corrected chi connectivity index (χ2v) is 8.10. The molecular formula is C22H33N7O2. The number of rotatable bonds is 6. The molecule has 2 aliphatic heterocycles. The van der Waals surface area contributed by atoms with Gasteiger partial charge in [0, 0.05) is 39.3 Å². The first kappa shape index (κ1) is 21.6. The van der Waals surface area contributed by atoms with E-state index in [0.717, 1.165) is 74.7 Å². The van der Waals surface area contributed by atoms with E-state index in [1.54, 1.807) is 7.11 Å². The molecule has 0 spiro atoms. The zero-order valence-corrected chi connectivity index (χ0v) is 18.8. The summed E-state index contributed by atoms with van der Waals surface area (Å²) in [5.74, 6) is 3.59. The molecule has 9 nitrogen and oxygen atoms in total. The molecule has 168 valence electrons. The normalized spacial score (nSPS) is 20.3. The summed E-state index contributed by atoms with van der Waals surface area (Å²) >= 11 is 0. The number of aryl methyl sites for hydroxylation is 1. The number of hydrogen-bond acceptors (Lipinski definition) is 6. The number of benzene rings is 1. The number of nitrogens with one attached hydrogen (secondary N) is 1. The average molecular weight is 428 g/mol. The number of methoxy groups -OCH3 is 1. The van der Waals surface area contributed by atoms with Crippen LogP contribution in [-0.2, 0) is 24.9 Å². The summed E-state index contributed by atoms with van der Waals surface area (Å²) in [5.41, 5.74) is 1.15. The van der Waals surface area contributed by atoms with E-state index < -0.39 is 0 Å². The molecule has 0 aliphatic carbocycles. The lowest BCUT2D eigenvalue weighted by molar-refractivity contribution is 0.0195. The Balaban J connectivity index is 1.45. The minimum atomic E-state index is 0.550. The van der Waals surface area contributed by atoms with Gasteiger partial charge in [-0.3, -0.25) is 4.90 Å². The molecule has 1 atom stereocenters. The summed E-state index contributed by atoms with van der Waals surface area (Å²) in [6, 6.07) is 8.63. The highest BCUT2D eigenvalue weighted by Gasteiger charge is 2.30. The maximum absolute atomic E-state index is 5.52. The Morgan fingerprint density at radius 2 is 1.97 bits per heavy atom. The molecule has 1 unspecified atom stereocenters. The van der Waals surface area contributed by atoms with E-state index in [2.05, 4.69) is 37.4 Å². The van der Waals surface area contributed by atoms with Crippen LogP contribution >= 0.6 is 0 Å². The van der Waals surface area contributed by atoms with Gasteiger partial charge in [0.05, 0.1) is 33.4 Å². The number of aliphatic imine (C=N–C) groups is 1. The van der Waals surface area contributed by atoms with Crippen LogP contribution in [0.5, 0.6) is 5.75 Å². The smallest absolute Gasteiger partial charge is 0.194 e. The lowest BCUT2D eigenvalue weighted by Crippen LogP contribution is -2.46. The maximum Gasteiger partial charge on any atom is 0.194 e. The van der Waals surface area contributed by atoms with E-state index in [9.17, 15) is 0 Å². The number of aromatic nitrogens is 3. The van der Waals surface area contributed by atoms with Gasteiger partial charge in [0.25, 0.3) is 0 Å². The first-order chi connectivity index (χ1) is 15.1. The van der Waals surface area contributed by atoms with Gasteiger partial charge in [-0.1, -0.05) is 12.1 Å². The summed E-state index contributed by atoms with van der Waals surface area (Å²) < 4.78 is 12.8. The minimum absolute atomic E-state index is 0.550. The molecule has 2 saturated heterocycles. The number of ether oxygens (including phenoxy) is 2. The van der Waals surface area contributed by atoms with Gasteiger partial charge in [0.15, 0.2) is 11.8 Å². The van der Waals surface area contributed by atoms with Crippen molar-refractivity contribution in [2.45, 2.75) is 32.5 Å². The second-order valence-electron chi connectivity index (χ2n) is 8.10. The molecule has 4 rings (SSSR count). The van der Waals surface area contributed by atoms with Gasteiger partial charge in [-0.2, -0.15) is 0 Å². The highest BCUT2D eigenvalue weighted by molar-refractivity contribution is 5.80. The number of hydrogen-bond donors (Lipinski definition) is 1. The van der Waals surface area contributed by atoms with Crippen molar-refractivity contribution in [3.05, 3.63) is 41.5 Å². The van der Waals surface area contributed by atoms with Crippen LogP contribution in [0, 0.1) is 6.92 Å². The Morgan fingerprint density at radius 3 is 2.65 bits per heavy atom. The predicted molar refractivity (Wildman–Crippen MR) is 119 cm³/mol. The Bertz CT molecular complexity index is 874. The highest BCUT2D eigenvalue weighted by Crippen LogP contribution is 2.18. The zero-order valence-electron chi connectivity index (χ0n) is 18.8. The number of morpholine rings is 1. The molecule has 3 heterocycles. The fourth-order valence-corrected chi connectivity index (χ4v) is 4.10. The van der Waals surface area contributed by atoms with Crippen LogP contribution in [0.1, 0.15) is 23.6 Å².